The molecule has 2 N–H and O–H groups in total. The Labute approximate surface area is 123 Å². The number of rotatable bonds is 2. The Morgan fingerprint density at radius 2 is 2.05 bits per heavy atom. The number of aryl methyl sites for hydroxylation is 1. The Bertz CT molecular complexity index is 645. The summed E-state index contributed by atoms with van der Waals surface area (Å²) in [4.78, 5) is 4.43. The quantitative estimate of drug-likeness (QED) is 0.918. The summed E-state index contributed by atoms with van der Waals surface area (Å²) in [5.41, 5.74) is 7.45. The van der Waals surface area contributed by atoms with Gasteiger partial charge in [-0.3, -0.25) is 0 Å². The van der Waals surface area contributed by atoms with Gasteiger partial charge in [-0.05, 0) is 56.2 Å². The number of halogens is 1. The molecule has 3 rings (SSSR count). The molecule has 4 nitrogen and oxygen atoms in total. The Morgan fingerprint density at radius 1 is 1.33 bits per heavy atom. The highest BCUT2D eigenvalue weighted by Crippen LogP contribution is 2.36. The van der Waals surface area contributed by atoms with Crippen LogP contribution in [-0.2, 0) is 5.54 Å². The van der Waals surface area contributed by atoms with E-state index in [0.717, 1.165) is 31.2 Å². The molecule has 0 atom stereocenters. The first kappa shape index (κ1) is 14.2. The maximum absolute atomic E-state index is 13.4. The summed E-state index contributed by atoms with van der Waals surface area (Å²) in [5.74, 6) is 1.25. The van der Waals surface area contributed by atoms with Crippen LogP contribution in [0.3, 0.4) is 0 Å². The number of hydrogen-bond donors (Lipinski definition) is 1. The summed E-state index contributed by atoms with van der Waals surface area (Å²) in [5, 5.41) is 4.05. The first-order valence-corrected chi connectivity index (χ1v) is 7.37. The summed E-state index contributed by atoms with van der Waals surface area (Å²) in [6.45, 7) is 4.12. The maximum Gasteiger partial charge on any atom is 0.258 e. The van der Waals surface area contributed by atoms with Crippen LogP contribution < -0.4 is 5.73 Å². The maximum atomic E-state index is 13.4. The first-order chi connectivity index (χ1) is 9.98. The molecule has 1 saturated carbocycles. The van der Waals surface area contributed by atoms with E-state index < -0.39 is 5.54 Å². The van der Waals surface area contributed by atoms with E-state index >= 15 is 0 Å². The van der Waals surface area contributed by atoms with Gasteiger partial charge in [-0.1, -0.05) is 18.1 Å². The molecule has 0 unspecified atom stereocenters. The van der Waals surface area contributed by atoms with Crippen molar-refractivity contribution >= 4 is 0 Å². The number of nitrogens with zero attached hydrogens (tertiary/aromatic N) is 2. The lowest BCUT2D eigenvalue weighted by Gasteiger charge is -2.33. The minimum absolute atomic E-state index is 0.315. The van der Waals surface area contributed by atoms with E-state index in [1.165, 1.54) is 12.1 Å². The smallest absolute Gasteiger partial charge is 0.258 e. The van der Waals surface area contributed by atoms with E-state index in [4.69, 9.17) is 10.3 Å². The first-order valence-electron chi connectivity index (χ1n) is 7.37. The third-order valence-corrected chi connectivity index (χ3v) is 4.47. The molecule has 0 bridgehead atoms. The van der Waals surface area contributed by atoms with E-state index in [1.54, 1.807) is 6.07 Å². The van der Waals surface area contributed by atoms with Gasteiger partial charge >= 0.3 is 0 Å². The van der Waals surface area contributed by atoms with Crippen LogP contribution in [0, 0.1) is 18.7 Å². The highest BCUT2D eigenvalue weighted by Gasteiger charge is 2.36. The zero-order chi connectivity index (χ0) is 15.0. The summed E-state index contributed by atoms with van der Waals surface area (Å²) in [6, 6.07) is 4.54. The van der Waals surface area contributed by atoms with Crippen molar-refractivity contribution < 1.29 is 8.91 Å². The molecular formula is C16H20FN3O. The zero-order valence-electron chi connectivity index (χ0n) is 12.4. The van der Waals surface area contributed by atoms with E-state index in [1.807, 2.05) is 6.92 Å². The monoisotopic (exact) mass is 289 g/mol. The van der Waals surface area contributed by atoms with Gasteiger partial charge in [0, 0.05) is 5.56 Å². The predicted octanol–water partition coefficient (Wildman–Crippen LogP) is 3.55. The topological polar surface area (TPSA) is 64.9 Å². The largest absolute Gasteiger partial charge is 0.334 e. The zero-order valence-corrected chi connectivity index (χ0v) is 12.4. The van der Waals surface area contributed by atoms with E-state index in [9.17, 15) is 4.39 Å². The van der Waals surface area contributed by atoms with Crippen LogP contribution in [0.5, 0.6) is 0 Å². The third kappa shape index (κ3) is 2.70. The van der Waals surface area contributed by atoms with Gasteiger partial charge in [-0.25, -0.2) is 4.39 Å². The average molecular weight is 289 g/mol. The standard InChI is InChI=1S/C16H20FN3O/c1-10-5-7-16(18,8-6-10)15-19-14(21-20-15)13-9-12(17)4-3-11(13)2/h3-4,9-10H,5-8,18H2,1-2H3. The van der Waals surface area contributed by atoms with Gasteiger partial charge in [-0.15, -0.1) is 0 Å². The Balaban J connectivity index is 1.91. The van der Waals surface area contributed by atoms with E-state index in [-0.39, 0.29) is 5.82 Å². The van der Waals surface area contributed by atoms with Crippen molar-refractivity contribution in [3.8, 4) is 11.5 Å². The molecule has 1 aliphatic rings. The van der Waals surface area contributed by atoms with Crippen molar-refractivity contribution in [3.05, 3.63) is 35.4 Å². The Morgan fingerprint density at radius 3 is 2.76 bits per heavy atom. The van der Waals surface area contributed by atoms with Crippen molar-refractivity contribution in [2.75, 3.05) is 0 Å². The molecule has 0 spiro atoms. The minimum Gasteiger partial charge on any atom is -0.334 e. The fourth-order valence-corrected chi connectivity index (χ4v) is 2.86. The molecule has 2 aromatic rings. The fraction of sp³-hybridized carbons (Fsp3) is 0.500. The van der Waals surface area contributed by atoms with Crippen LogP contribution in [-0.4, -0.2) is 10.1 Å². The van der Waals surface area contributed by atoms with Crippen molar-refractivity contribution in [3.63, 3.8) is 0 Å². The van der Waals surface area contributed by atoms with Gasteiger partial charge in [0.15, 0.2) is 5.82 Å². The van der Waals surface area contributed by atoms with E-state index in [0.29, 0.717) is 23.2 Å². The second kappa shape index (κ2) is 5.22. The van der Waals surface area contributed by atoms with Gasteiger partial charge in [0.05, 0.1) is 5.54 Å². The van der Waals surface area contributed by atoms with Crippen molar-refractivity contribution in [2.24, 2.45) is 11.7 Å². The second-order valence-corrected chi connectivity index (χ2v) is 6.22. The minimum atomic E-state index is -0.518. The summed E-state index contributed by atoms with van der Waals surface area (Å²) in [6.07, 6.45) is 3.85. The molecule has 112 valence electrons. The predicted molar refractivity (Wildman–Crippen MR) is 77.9 cm³/mol. The van der Waals surface area contributed by atoms with Gasteiger partial charge in [0.25, 0.3) is 5.89 Å². The van der Waals surface area contributed by atoms with Crippen LogP contribution in [0.15, 0.2) is 22.7 Å². The molecule has 1 aliphatic carbocycles. The Hall–Kier alpha value is -1.75. The second-order valence-electron chi connectivity index (χ2n) is 6.22. The lowest BCUT2D eigenvalue weighted by atomic mass is 9.77. The summed E-state index contributed by atoms with van der Waals surface area (Å²) >= 11 is 0. The Kier molecular flexibility index (Phi) is 3.53. The molecule has 1 fully saturated rings. The summed E-state index contributed by atoms with van der Waals surface area (Å²) < 4.78 is 18.7. The molecule has 1 aromatic carbocycles. The summed E-state index contributed by atoms with van der Waals surface area (Å²) in [7, 11) is 0. The molecule has 0 amide bonds. The lowest BCUT2D eigenvalue weighted by molar-refractivity contribution is 0.230. The van der Waals surface area contributed by atoms with Gasteiger partial charge in [0.2, 0.25) is 0 Å². The molecule has 5 heteroatoms. The van der Waals surface area contributed by atoms with Gasteiger partial charge in [0.1, 0.15) is 5.82 Å². The molecule has 0 aliphatic heterocycles. The highest BCUT2D eigenvalue weighted by atomic mass is 19.1. The molecule has 1 heterocycles. The van der Waals surface area contributed by atoms with Crippen LogP contribution in [0.1, 0.15) is 44.0 Å². The number of benzene rings is 1. The molecule has 0 radical (unpaired) electrons. The number of aromatic nitrogens is 2. The number of nitrogens with two attached hydrogens (primary N) is 1. The molecule has 1 aromatic heterocycles. The fourth-order valence-electron chi connectivity index (χ4n) is 2.86. The molecular weight excluding hydrogens is 269 g/mol. The van der Waals surface area contributed by atoms with Crippen molar-refractivity contribution in [1.82, 2.24) is 10.1 Å². The highest BCUT2D eigenvalue weighted by molar-refractivity contribution is 5.58. The normalized spacial score (nSPS) is 26.0. The molecule has 21 heavy (non-hydrogen) atoms. The van der Waals surface area contributed by atoms with Gasteiger partial charge < -0.3 is 10.3 Å². The number of hydrogen-bond acceptors (Lipinski definition) is 4. The van der Waals surface area contributed by atoms with E-state index in [2.05, 4.69) is 17.1 Å². The third-order valence-electron chi connectivity index (χ3n) is 4.47. The SMILES string of the molecule is Cc1ccc(F)cc1-c1nc(C2(N)CCC(C)CC2)no1. The van der Waals surface area contributed by atoms with Crippen LogP contribution in [0.4, 0.5) is 4.39 Å². The molecule has 0 saturated heterocycles. The lowest BCUT2D eigenvalue weighted by Crippen LogP contribution is -2.41. The van der Waals surface area contributed by atoms with Crippen molar-refractivity contribution in [2.45, 2.75) is 45.1 Å². The van der Waals surface area contributed by atoms with Crippen LogP contribution in [0.2, 0.25) is 0 Å². The van der Waals surface area contributed by atoms with Crippen LogP contribution in [0.25, 0.3) is 11.5 Å². The van der Waals surface area contributed by atoms with Gasteiger partial charge in [-0.2, -0.15) is 4.98 Å². The average Bonchev–Trinajstić information content (AvgIpc) is 2.95. The van der Waals surface area contributed by atoms with Crippen LogP contribution >= 0.6 is 0 Å². The van der Waals surface area contributed by atoms with Crippen molar-refractivity contribution in [1.29, 1.82) is 0 Å².